The number of rotatable bonds is 4. The fourth-order valence-corrected chi connectivity index (χ4v) is 5.49. The Balaban J connectivity index is 1.86. The number of carbonyl (C=O) groups is 1. The second kappa shape index (κ2) is 7.60. The molecular formula is C20H27N3O4S. The van der Waals surface area contributed by atoms with Gasteiger partial charge in [0.05, 0.1) is 7.11 Å². The van der Waals surface area contributed by atoms with E-state index in [1.54, 1.807) is 18.5 Å². The molecule has 0 spiro atoms. The molecule has 0 bridgehead atoms. The SMILES string of the molecule is COC(=O)c1cc(S(=O)(=O)N2CCN(c3cccc(C)c3)C(C)C2)c(C)n1C. The van der Waals surface area contributed by atoms with Crippen molar-refractivity contribution in [2.45, 2.75) is 31.7 Å². The molecule has 7 nitrogen and oxygen atoms in total. The number of esters is 1. The minimum atomic E-state index is -3.70. The van der Waals surface area contributed by atoms with Gasteiger partial charge in [-0.3, -0.25) is 0 Å². The number of hydrogen-bond donors (Lipinski definition) is 0. The molecule has 0 radical (unpaired) electrons. The molecule has 28 heavy (non-hydrogen) atoms. The molecule has 2 heterocycles. The molecule has 1 aromatic heterocycles. The number of anilines is 1. The van der Waals surface area contributed by atoms with Crippen molar-refractivity contribution >= 4 is 21.7 Å². The number of aryl methyl sites for hydroxylation is 1. The first-order valence-corrected chi connectivity index (χ1v) is 10.7. The van der Waals surface area contributed by atoms with Crippen molar-refractivity contribution < 1.29 is 17.9 Å². The average molecular weight is 406 g/mol. The van der Waals surface area contributed by atoms with Crippen LogP contribution < -0.4 is 4.90 Å². The molecule has 0 N–H and O–H groups in total. The number of nitrogens with zero attached hydrogens (tertiary/aromatic N) is 3. The van der Waals surface area contributed by atoms with Crippen LogP contribution in [0, 0.1) is 13.8 Å². The Morgan fingerprint density at radius 1 is 1.18 bits per heavy atom. The van der Waals surface area contributed by atoms with E-state index >= 15 is 0 Å². The summed E-state index contributed by atoms with van der Waals surface area (Å²) in [5, 5.41) is 0. The number of aromatic nitrogens is 1. The molecule has 1 saturated heterocycles. The van der Waals surface area contributed by atoms with E-state index in [1.165, 1.54) is 23.0 Å². The van der Waals surface area contributed by atoms with Gasteiger partial charge in [-0.05, 0) is 44.5 Å². The number of ether oxygens (including phenoxy) is 1. The summed E-state index contributed by atoms with van der Waals surface area (Å²) in [5.41, 5.74) is 3.03. The highest BCUT2D eigenvalue weighted by Gasteiger charge is 2.35. The first kappa shape index (κ1) is 20.4. The van der Waals surface area contributed by atoms with Crippen molar-refractivity contribution in [1.82, 2.24) is 8.87 Å². The number of methoxy groups -OCH3 is 1. The zero-order chi connectivity index (χ0) is 20.6. The monoisotopic (exact) mass is 405 g/mol. The van der Waals surface area contributed by atoms with Crippen molar-refractivity contribution in [2.24, 2.45) is 7.05 Å². The minimum Gasteiger partial charge on any atom is -0.464 e. The predicted molar refractivity (Wildman–Crippen MR) is 108 cm³/mol. The third-order valence-corrected chi connectivity index (χ3v) is 7.41. The lowest BCUT2D eigenvalue weighted by Gasteiger charge is -2.40. The van der Waals surface area contributed by atoms with Crippen molar-refractivity contribution in [2.75, 3.05) is 31.6 Å². The van der Waals surface area contributed by atoms with Crippen LogP contribution in [0.4, 0.5) is 5.69 Å². The largest absolute Gasteiger partial charge is 0.464 e. The molecule has 8 heteroatoms. The zero-order valence-corrected chi connectivity index (χ0v) is 17.8. The van der Waals surface area contributed by atoms with Gasteiger partial charge in [-0.2, -0.15) is 4.31 Å². The Bertz CT molecular complexity index is 997. The molecule has 2 aromatic rings. The maximum Gasteiger partial charge on any atom is 0.354 e. The van der Waals surface area contributed by atoms with E-state index < -0.39 is 16.0 Å². The van der Waals surface area contributed by atoms with Crippen molar-refractivity contribution in [3.8, 4) is 0 Å². The van der Waals surface area contributed by atoms with E-state index in [4.69, 9.17) is 4.74 Å². The lowest BCUT2D eigenvalue weighted by molar-refractivity contribution is 0.0589. The van der Waals surface area contributed by atoms with Gasteiger partial charge in [0, 0.05) is 44.1 Å². The molecule has 1 aromatic carbocycles. The average Bonchev–Trinajstić information content (AvgIpc) is 2.96. The Morgan fingerprint density at radius 2 is 1.89 bits per heavy atom. The smallest absolute Gasteiger partial charge is 0.354 e. The lowest BCUT2D eigenvalue weighted by Crippen LogP contribution is -2.53. The fourth-order valence-electron chi connectivity index (χ4n) is 3.70. The van der Waals surface area contributed by atoms with E-state index in [-0.39, 0.29) is 16.6 Å². The zero-order valence-electron chi connectivity index (χ0n) is 17.0. The van der Waals surface area contributed by atoms with Gasteiger partial charge in [-0.25, -0.2) is 13.2 Å². The van der Waals surface area contributed by atoms with Gasteiger partial charge in [0.25, 0.3) is 0 Å². The highest BCUT2D eigenvalue weighted by Crippen LogP contribution is 2.28. The number of carbonyl (C=O) groups excluding carboxylic acids is 1. The van der Waals surface area contributed by atoms with Gasteiger partial charge in [-0.15, -0.1) is 0 Å². The fraction of sp³-hybridized carbons (Fsp3) is 0.450. The normalized spacial score (nSPS) is 18.3. The van der Waals surface area contributed by atoms with Crippen LogP contribution in [-0.4, -0.2) is 56.0 Å². The summed E-state index contributed by atoms with van der Waals surface area (Å²) in [7, 11) is -0.756. The third-order valence-electron chi connectivity index (χ3n) is 5.42. The topological polar surface area (TPSA) is 71.8 Å². The van der Waals surface area contributed by atoms with Gasteiger partial charge in [0.2, 0.25) is 10.0 Å². The molecule has 1 fully saturated rings. The number of hydrogen-bond acceptors (Lipinski definition) is 5. The van der Waals surface area contributed by atoms with E-state index in [9.17, 15) is 13.2 Å². The Labute approximate surface area is 166 Å². The molecular weight excluding hydrogens is 378 g/mol. The van der Waals surface area contributed by atoms with Gasteiger partial charge < -0.3 is 14.2 Å². The van der Waals surface area contributed by atoms with Crippen LogP contribution in [0.1, 0.15) is 28.7 Å². The molecule has 0 amide bonds. The summed E-state index contributed by atoms with van der Waals surface area (Å²) in [5.74, 6) is -0.551. The molecule has 1 aliphatic rings. The second-order valence-corrected chi connectivity index (χ2v) is 9.18. The second-order valence-electron chi connectivity index (χ2n) is 7.27. The molecule has 1 aliphatic heterocycles. The van der Waals surface area contributed by atoms with Crippen LogP contribution in [0.5, 0.6) is 0 Å². The third kappa shape index (κ3) is 3.54. The Morgan fingerprint density at radius 3 is 2.50 bits per heavy atom. The van der Waals surface area contributed by atoms with E-state index in [0.717, 1.165) is 5.69 Å². The van der Waals surface area contributed by atoms with Crippen LogP contribution >= 0.6 is 0 Å². The van der Waals surface area contributed by atoms with Crippen molar-refractivity contribution in [3.05, 3.63) is 47.3 Å². The maximum absolute atomic E-state index is 13.3. The predicted octanol–water partition coefficient (Wildman–Crippen LogP) is 2.33. The summed E-state index contributed by atoms with van der Waals surface area (Å²) in [4.78, 5) is 14.3. The standard InChI is InChI=1S/C20H27N3O4S/c1-14-7-6-8-17(11-14)23-10-9-22(13-15(23)2)28(25,26)19-12-18(20(24)27-5)21(4)16(19)3/h6-8,11-12,15H,9-10,13H2,1-5H3. The summed E-state index contributed by atoms with van der Waals surface area (Å²) >= 11 is 0. The number of piperazine rings is 1. The number of sulfonamides is 1. The van der Waals surface area contributed by atoms with Gasteiger partial charge in [0.15, 0.2) is 0 Å². The van der Waals surface area contributed by atoms with Gasteiger partial charge in [0.1, 0.15) is 10.6 Å². The molecule has 1 atom stereocenters. The minimum absolute atomic E-state index is 0.0365. The molecule has 0 aliphatic carbocycles. The highest BCUT2D eigenvalue weighted by molar-refractivity contribution is 7.89. The first-order valence-electron chi connectivity index (χ1n) is 9.25. The van der Waals surface area contributed by atoms with E-state index in [2.05, 4.69) is 17.0 Å². The van der Waals surface area contributed by atoms with E-state index in [0.29, 0.717) is 25.3 Å². The Hall–Kier alpha value is -2.32. The molecule has 0 saturated carbocycles. The van der Waals surface area contributed by atoms with E-state index in [1.807, 2.05) is 26.0 Å². The van der Waals surface area contributed by atoms with Crippen molar-refractivity contribution in [3.63, 3.8) is 0 Å². The van der Waals surface area contributed by atoms with Crippen molar-refractivity contribution in [1.29, 1.82) is 0 Å². The summed E-state index contributed by atoms with van der Waals surface area (Å²) < 4.78 is 34.4. The summed E-state index contributed by atoms with van der Waals surface area (Å²) in [6.07, 6.45) is 0. The van der Waals surface area contributed by atoms with Crippen LogP contribution in [0.25, 0.3) is 0 Å². The summed E-state index contributed by atoms with van der Waals surface area (Å²) in [6.45, 7) is 7.17. The van der Waals surface area contributed by atoms with Gasteiger partial charge in [-0.1, -0.05) is 12.1 Å². The molecule has 3 rings (SSSR count). The van der Waals surface area contributed by atoms with Crippen LogP contribution in [0.2, 0.25) is 0 Å². The lowest BCUT2D eigenvalue weighted by atomic mass is 10.1. The highest BCUT2D eigenvalue weighted by atomic mass is 32.2. The quantitative estimate of drug-likeness (QED) is 0.730. The van der Waals surface area contributed by atoms with Crippen LogP contribution in [0.15, 0.2) is 35.2 Å². The summed E-state index contributed by atoms with van der Waals surface area (Å²) in [6, 6.07) is 9.68. The first-order chi connectivity index (χ1) is 13.2. The Kier molecular flexibility index (Phi) is 5.54. The number of benzene rings is 1. The van der Waals surface area contributed by atoms with Crippen LogP contribution in [-0.2, 0) is 21.8 Å². The van der Waals surface area contributed by atoms with Gasteiger partial charge >= 0.3 is 5.97 Å². The molecule has 152 valence electrons. The molecule has 1 unspecified atom stereocenters. The maximum atomic E-state index is 13.3. The van der Waals surface area contributed by atoms with Crippen LogP contribution in [0.3, 0.4) is 0 Å².